The molecule has 3 rings (SSSR count). The fourth-order valence-corrected chi connectivity index (χ4v) is 2.90. The normalized spacial score (nSPS) is 12.4. The number of benzene rings is 2. The molecule has 0 saturated carbocycles. The number of hydrogen-bond donors (Lipinski definition) is 1. The molecule has 0 atom stereocenters. The van der Waals surface area contributed by atoms with E-state index in [0.29, 0.717) is 0 Å². The second-order valence-electron chi connectivity index (χ2n) is 3.73. The summed E-state index contributed by atoms with van der Waals surface area (Å²) in [6.07, 6.45) is 0. The molecule has 2 aromatic rings. The molecule has 0 aromatic heterocycles. The van der Waals surface area contributed by atoms with Gasteiger partial charge in [0.2, 0.25) is 0 Å². The topological polar surface area (TPSA) is 21.3 Å². The van der Waals surface area contributed by atoms with Gasteiger partial charge in [-0.15, -0.1) is 0 Å². The molecule has 0 unspecified atom stereocenters. The van der Waals surface area contributed by atoms with Crippen LogP contribution in [0.1, 0.15) is 0 Å². The second-order valence-corrected chi connectivity index (χ2v) is 5.25. The van der Waals surface area contributed by atoms with Gasteiger partial charge >= 0.3 is 0 Å². The molecular weight excluding hydrogens is 254 g/mol. The number of anilines is 2. The van der Waals surface area contributed by atoms with E-state index in [4.69, 9.17) is 16.3 Å². The Labute approximate surface area is 109 Å². The van der Waals surface area contributed by atoms with Crippen LogP contribution in [0.4, 0.5) is 11.4 Å². The molecule has 0 radical (unpaired) electrons. The van der Waals surface area contributed by atoms with Crippen molar-refractivity contribution in [2.24, 2.45) is 0 Å². The van der Waals surface area contributed by atoms with E-state index in [2.05, 4.69) is 11.4 Å². The first kappa shape index (κ1) is 10.8. The van der Waals surface area contributed by atoms with Crippen LogP contribution in [0.15, 0.2) is 46.2 Å². The van der Waals surface area contributed by atoms with Crippen molar-refractivity contribution < 1.29 is 4.74 Å². The molecule has 2 nitrogen and oxygen atoms in total. The first-order valence-corrected chi connectivity index (χ1v) is 6.38. The summed E-state index contributed by atoms with van der Waals surface area (Å²) < 4.78 is 5.22. The first-order valence-electron chi connectivity index (χ1n) is 5.19. The van der Waals surface area contributed by atoms with Gasteiger partial charge in [0.05, 0.1) is 18.5 Å². The zero-order chi connectivity index (χ0) is 11.8. The third-order valence-corrected chi connectivity index (χ3v) is 4.00. The van der Waals surface area contributed by atoms with Gasteiger partial charge in [-0.25, -0.2) is 0 Å². The highest BCUT2D eigenvalue weighted by Gasteiger charge is 2.16. The lowest BCUT2D eigenvalue weighted by Gasteiger charge is -2.21. The number of halogens is 1. The molecule has 0 spiro atoms. The van der Waals surface area contributed by atoms with Crippen LogP contribution in [-0.4, -0.2) is 7.11 Å². The summed E-state index contributed by atoms with van der Waals surface area (Å²) in [6, 6.07) is 11.9. The summed E-state index contributed by atoms with van der Waals surface area (Å²) in [5.41, 5.74) is 2.10. The molecule has 86 valence electrons. The van der Waals surface area contributed by atoms with E-state index < -0.39 is 0 Å². The van der Waals surface area contributed by atoms with Gasteiger partial charge in [0.25, 0.3) is 0 Å². The van der Waals surface area contributed by atoms with Gasteiger partial charge in [0.1, 0.15) is 5.75 Å². The fourth-order valence-electron chi connectivity index (χ4n) is 1.78. The van der Waals surface area contributed by atoms with E-state index in [1.807, 2.05) is 30.3 Å². The average Bonchev–Trinajstić information content (AvgIpc) is 2.35. The van der Waals surface area contributed by atoms with E-state index in [0.717, 1.165) is 22.1 Å². The number of fused-ring (bicyclic) bond motifs is 2. The van der Waals surface area contributed by atoms with E-state index in [9.17, 15) is 0 Å². The van der Waals surface area contributed by atoms with E-state index in [1.54, 1.807) is 18.9 Å². The Bertz CT molecular complexity index is 586. The predicted octanol–water partition coefficient (Wildman–Crippen LogP) is 4.56. The van der Waals surface area contributed by atoms with Gasteiger partial charge in [0, 0.05) is 20.9 Å². The summed E-state index contributed by atoms with van der Waals surface area (Å²) in [5, 5.41) is 4.11. The Hall–Kier alpha value is -1.32. The molecule has 1 N–H and O–H groups in total. The molecule has 0 bridgehead atoms. The van der Waals surface area contributed by atoms with Crippen LogP contribution in [0.2, 0.25) is 5.02 Å². The highest BCUT2D eigenvalue weighted by atomic mass is 35.5. The number of nitrogens with one attached hydrogen (secondary N) is 1. The van der Waals surface area contributed by atoms with Crippen LogP contribution >= 0.6 is 23.4 Å². The second kappa shape index (κ2) is 4.17. The third-order valence-electron chi connectivity index (χ3n) is 2.62. The Kier molecular flexibility index (Phi) is 2.65. The van der Waals surface area contributed by atoms with Gasteiger partial charge in [-0.1, -0.05) is 23.4 Å². The number of methoxy groups -OCH3 is 1. The zero-order valence-electron chi connectivity index (χ0n) is 9.16. The molecule has 1 heterocycles. The monoisotopic (exact) mass is 263 g/mol. The summed E-state index contributed by atoms with van der Waals surface area (Å²) in [6.45, 7) is 0. The summed E-state index contributed by atoms with van der Waals surface area (Å²) in [4.78, 5) is 2.38. The number of hydrogen-bond acceptors (Lipinski definition) is 3. The molecule has 0 fully saturated rings. The molecule has 2 aromatic carbocycles. The maximum atomic E-state index is 5.99. The molecule has 0 saturated heterocycles. The first-order chi connectivity index (χ1) is 8.26. The van der Waals surface area contributed by atoms with Crippen molar-refractivity contribution in [2.75, 3.05) is 12.4 Å². The third kappa shape index (κ3) is 1.96. The minimum atomic E-state index is 0.739. The fraction of sp³-hybridized carbons (Fsp3) is 0.0769. The quantitative estimate of drug-likeness (QED) is 0.696. The van der Waals surface area contributed by atoms with Crippen molar-refractivity contribution >= 4 is 34.7 Å². The lowest BCUT2D eigenvalue weighted by Crippen LogP contribution is -2.00. The highest BCUT2D eigenvalue weighted by molar-refractivity contribution is 7.99. The van der Waals surface area contributed by atoms with Crippen LogP contribution in [0.5, 0.6) is 5.75 Å². The molecular formula is C13H10ClNOS. The van der Waals surface area contributed by atoms with Crippen molar-refractivity contribution in [3.8, 4) is 5.75 Å². The Morgan fingerprint density at radius 1 is 1.06 bits per heavy atom. The van der Waals surface area contributed by atoms with Gasteiger partial charge in [-0.3, -0.25) is 0 Å². The van der Waals surface area contributed by atoms with Gasteiger partial charge in [-0.05, 0) is 30.3 Å². The maximum absolute atomic E-state index is 5.99. The van der Waals surface area contributed by atoms with Gasteiger partial charge in [-0.2, -0.15) is 0 Å². The van der Waals surface area contributed by atoms with Crippen molar-refractivity contribution in [3.63, 3.8) is 0 Å². The van der Waals surface area contributed by atoms with Crippen LogP contribution in [-0.2, 0) is 0 Å². The molecule has 17 heavy (non-hydrogen) atoms. The number of rotatable bonds is 1. The summed E-state index contributed by atoms with van der Waals surface area (Å²) in [7, 11) is 1.67. The van der Waals surface area contributed by atoms with Crippen molar-refractivity contribution in [3.05, 3.63) is 41.4 Å². The SMILES string of the molecule is COc1ccc2c(c1)Nc1cc(Cl)ccc1S2. The lowest BCUT2D eigenvalue weighted by atomic mass is 10.2. The maximum Gasteiger partial charge on any atom is 0.121 e. The Morgan fingerprint density at radius 2 is 1.76 bits per heavy atom. The molecule has 1 aliphatic heterocycles. The Balaban J connectivity index is 2.05. The number of ether oxygens (including phenoxy) is 1. The van der Waals surface area contributed by atoms with Crippen LogP contribution in [0.25, 0.3) is 0 Å². The highest BCUT2D eigenvalue weighted by Crippen LogP contribution is 2.45. The van der Waals surface area contributed by atoms with Gasteiger partial charge < -0.3 is 10.1 Å². The summed E-state index contributed by atoms with van der Waals surface area (Å²) >= 11 is 7.72. The Morgan fingerprint density at radius 3 is 2.53 bits per heavy atom. The smallest absolute Gasteiger partial charge is 0.121 e. The van der Waals surface area contributed by atoms with Crippen LogP contribution in [0.3, 0.4) is 0 Å². The minimum absolute atomic E-state index is 0.739. The average molecular weight is 264 g/mol. The minimum Gasteiger partial charge on any atom is -0.497 e. The van der Waals surface area contributed by atoms with Crippen molar-refractivity contribution in [2.45, 2.75) is 9.79 Å². The molecule has 1 aliphatic rings. The van der Waals surface area contributed by atoms with Gasteiger partial charge in [0.15, 0.2) is 0 Å². The molecule has 0 amide bonds. The zero-order valence-corrected chi connectivity index (χ0v) is 10.7. The van der Waals surface area contributed by atoms with E-state index in [1.165, 1.54) is 9.79 Å². The van der Waals surface area contributed by atoms with E-state index >= 15 is 0 Å². The summed E-state index contributed by atoms with van der Waals surface area (Å²) in [5.74, 6) is 0.849. The van der Waals surface area contributed by atoms with Crippen molar-refractivity contribution in [1.29, 1.82) is 0 Å². The van der Waals surface area contributed by atoms with Crippen molar-refractivity contribution in [1.82, 2.24) is 0 Å². The standard InChI is InChI=1S/C13H10ClNOS/c1-16-9-3-5-13-11(7-9)15-10-6-8(14)2-4-12(10)17-13/h2-7,15H,1H3. The molecule has 4 heteroatoms. The lowest BCUT2D eigenvalue weighted by molar-refractivity contribution is 0.414. The van der Waals surface area contributed by atoms with E-state index in [-0.39, 0.29) is 0 Å². The predicted molar refractivity (Wildman–Crippen MR) is 71.9 cm³/mol. The molecule has 0 aliphatic carbocycles. The van der Waals surface area contributed by atoms with Crippen LogP contribution < -0.4 is 10.1 Å². The largest absolute Gasteiger partial charge is 0.497 e. The van der Waals surface area contributed by atoms with Crippen LogP contribution in [0, 0.1) is 0 Å².